The summed E-state index contributed by atoms with van der Waals surface area (Å²) in [6.45, 7) is 6.06. The van der Waals surface area contributed by atoms with Crippen LogP contribution in [-0.2, 0) is 4.79 Å². The zero-order valence-electron chi connectivity index (χ0n) is 21.7. The number of nitrogens with zero attached hydrogens (tertiary/aromatic N) is 3. The minimum Gasteiger partial charge on any atom is -0.493 e. The van der Waals surface area contributed by atoms with Crippen LogP contribution in [0, 0.1) is 5.82 Å². The molecule has 2 aliphatic heterocycles. The van der Waals surface area contributed by atoms with Crippen LogP contribution in [0.1, 0.15) is 12.0 Å². The van der Waals surface area contributed by atoms with Crippen LogP contribution < -0.4 is 14.4 Å². The highest BCUT2D eigenvalue weighted by Crippen LogP contribution is 2.37. The third-order valence-corrected chi connectivity index (χ3v) is 7.88. The molecule has 3 aromatic rings. The van der Waals surface area contributed by atoms with E-state index < -0.39 is 0 Å². The molecule has 0 unspecified atom stereocenters. The maximum Gasteiger partial charge on any atom is 0.270 e. The fourth-order valence-corrected chi connectivity index (χ4v) is 5.67. The molecular formula is C30H30FN3O3S2. The Kier molecular flexibility index (Phi) is 8.93. The second-order valence-electron chi connectivity index (χ2n) is 9.49. The van der Waals surface area contributed by atoms with Crippen molar-refractivity contribution in [2.45, 2.75) is 6.42 Å². The summed E-state index contributed by atoms with van der Waals surface area (Å²) in [4.78, 5) is 20.2. The summed E-state index contributed by atoms with van der Waals surface area (Å²) in [5, 5.41) is 0. The average molecular weight is 564 g/mol. The molecule has 0 aromatic heterocycles. The molecule has 0 radical (unpaired) electrons. The van der Waals surface area contributed by atoms with Crippen LogP contribution in [0.2, 0.25) is 0 Å². The van der Waals surface area contributed by atoms with Gasteiger partial charge in [0.05, 0.1) is 17.2 Å². The van der Waals surface area contributed by atoms with Gasteiger partial charge in [0.25, 0.3) is 5.91 Å². The number of likely N-dealkylation sites (N-methyl/N-ethyl adjacent to an activating group) is 1. The van der Waals surface area contributed by atoms with Crippen molar-refractivity contribution in [3.63, 3.8) is 0 Å². The molecular weight excluding hydrogens is 533 g/mol. The Morgan fingerprint density at radius 2 is 1.64 bits per heavy atom. The first-order valence-corrected chi connectivity index (χ1v) is 14.1. The van der Waals surface area contributed by atoms with E-state index in [2.05, 4.69) is 16.8 Å². The number of hydrogen-bond donors (Lipinski definition) is 0. The van der Waals surface area contributed by atoms with Crippen LogP contribution >= 0.6 is 24.0 Å². The van der Waals surface area contributed by atoms with Gasteiger partial charge in [0.15, 0.2) is 4.32 Å². The summed E-state index contributed by atoms with van der Waals surface area (Å²) in [5.74, 6) is 1.41. The van der Waals surface area contributed by atoms with Gasteiger partial charge in [-0.15, -0.1) is 0 Å². The molecule has 3 aromatic carbocycles. The van der Waals surface area contributed by atoms with Gasteiger partial charge in [-0.3, -0.25) is 9.69 Å². The van der Waals surface area contributed by atoms with Crippen molar-refractivity contribution in [1.82, 2.24) is 9.80 Å². The molecule has 5 rings (SSSR count). The van der Waals surface area contributed by atoms with Gasteiger partial charge in [0.1, 0.15) is 23.1 Å². The largest absolute Gasteiger partial charge is 0.493 e. The van der Waals surface area contributed by atoms with Crippen molar-refractivity contribution in [1.29, 1.82) is 0 Å². The van der Waals surface area contributed by atoms with Crippen molar-refractivity contribution < 1.29 is 18.7 Å². The van der Waals surface area contributed by atoms with E-state index in [1.807, 2.05) is 42.5 Å². The van der Waals surface area contributed by atoms with Crippen molar-refractivity contribution >= 4 is 46.0 Å². The van der Waals surface area contributed by atoms with E-state index in [-0.39, 0.29) is 11.7 Å². The number of carbonyl (C=O) groups excluding carboxylic acids is 1. The summed E-state index contributed by atoms with van der Waals surface area (Å²) < 4.78 is 25.3. The second kappa shape index (κ2) is 12.7. The molecule has 9 heteroatoms. The number of thiocarbonyl (C=S) groups is 1. The first kappa shape index (κ1) is 27.3. The lowest BCUT2D eigenvalue weighted by Gasteiger charge is -2.32. The number of carbonyl (C=O) groups is 1. The van der Waals surface area contributed by atoms with Crippen molar-refractivity contribution in [2.24, 2.45) is 0 Å². The molecule has 6 nitrogen and oxygen atoms in total. The number of thioether (sulfide) groups is 1. The second-order valence-corrected chi connectivity index (χ2v) is 11.2. The van der Waals surface area contributed by atoms with Crippen molar-refractivity contribution in [2.75, 3.05) is 51.3 Å². The maximum absolute atomic E-state index is 13.3. The van der Waals surface area contributed by atoms with E-state index in [1.54, 1.807) is 29.2 Å². The van der Waals surface area contributed by atoms with Crippen LogP contribution in [0.15, 0.2) is 77.7 Å². The molecule has 0 N–H and O–H groups in total. The number of rotatable bonds is 9. The molecule has 0 spiro atoms. The van der Waals surface area contributed by atoms with Crippen molar-refractivity contribution in [3.05, 3.63) is 89.1 Å². The lowest BCUT2D eigenvalue weighted by Crippen LogP contribution is -2.44. The summed E-state index contributed by atoms with van der Waals surface area (Å²) >= 11 is 6.83. The highest BCUT2D eigenvalue weighted by Gasteiger charge is 2.33. The van der Waals surface area contributed by atoms with Crippen LogP contribution in [0.5, 0.6) is 17.2 Å². The lowest BCUT2D eigenvalue weighted by atomic mass is 10.2. The monoisotopic (exact) mass is 563 g/mol. The molecule has 2 aliphatic rings. The number of ether oxygens (including phenoxy) is 2. The topological polar surface area (TPSA) is 45.2 Å². The fraction of sp³-hybridized carbons (Fsp3) is 0.267. The molecule has 0 aliphatic carbocycles. The van der Waals surface area contributed by atoms with E-state index >= 15 is 0 Å². The van der Waals surface area contributed by atoms with Gasteiger partial charge in [0, 0.05) is 38.8 Å². The standard InChI is InChI=1S/C30H30FN3O3S2/c1-32-15-17-33(18-16-32)14-3-19-36-27-5-2-4-24(21-27)34-29(35)28(39-30(34)38)20-22-6-10-25(11-7-22)37-26-12-8-23(31)9-13-26/h2,4-13,20-21H,3,14-19H2,1H3. The predicted octanol–water partition coefficient (Wildman–Crippen LogP) is 6.04. The van der Waals surface area contributed by atoms with Gasteiger partial charge >= 0.3 is 0 Å². The molecule has 0 atom stereocenters. The van der Waals surface area contributed by atoms with Gasteiger partial charge in [-0.25, -0.2) is 4.39 Å². The van der Waals surface area contributed by atoms with Crippen LogP contribution in [-0.4, -0.2) is 66.4 Å². The Balaban J connectivity index is 1.17. The molecule has 39 heavy (non-hydrogen) atoms. The predicted molar refractivity (Wildman–Crippen MR) is 159 cm³/mol. The molecule has 2 heterocycles. The van der Waals surface area contributed by atoms with Crippen LogP contribution in [0.4, 0.5) is 10.1 Å². The molecule has 2 fully saturated rings. The van der Waals surface area contributed by atoms with E-state index in [0.717, 1.165) is 50.5 Å². The first-order chi connectivity index (χ1) is 18.9. The zero-order chi connectivity index (χ0) is 27.2. The summed E-state index contributed by atoms with van der Waals surface area (Å²) in [7, 11) is 2.16. The Morgan fingerprint density at radius 1 is 0.949 bits per heavy atom. The Morgan fingerprint density at radius 3 is 2.36 bits per heavy atom. The Bertz CT molecular complexity index is 1340. The Labute approximate surface area is 238 Å². The van der Waals surface area contributed by atoms with E-state index in [4.69, 9.17) is 21.7 Å². The third kappa shape index (κ3) is 7.24. The van der Waals surface area contributed by atoms with E-state index in [0.29, 0.717) is 33.0 Å². The van der Waals surface area contributed by atoms with Gasteiger partial charge in [-0.1, -0.05) is 42.2 Å². The van der Waals surface area contributed by atoms with Gasteiger partial charge in [-0.2, -0.15) is 0 Å². The normalized spacial score (nSPS) is 17.7. The Hall–Kier alpha value is -3.24. The highest BCUT2D eigenvalue weighted by atomic mass is 32.2. The lowest BCUT2D eigenvalue weighted by molar-refractivity contribution is -0.113. The smallest absolute Gasteiger partial charge is 0.270 e. The number of amides is 1. The maximum atomic E-state index is 13.3. The zero-order valence-corrected chi connectivity index (χ0v) is 23.3. The van der Waals surface area contributed by atoms with Crippen molar-refractivity contribution in [3.8, 4) is 17.2 Å². The number of hydrogen-bond acceptors (Lipinski definition) is 7. The quantitative estimate of drug-likeness (QED) is 0.179. The van der Waals surface area contributed by atoms with E-state index in [9.17, 15) is 9.18 Å². The summed E-state index contributed by atoms with van der Waals surface area (Å²) in [6, 6.07) is 20.7. The van der Waals surface area contributed by atoms with Gasteiger partial charge in [0.2, 0.25) is 0 Å². The molecule has 2 saturated heterocycles. The first-order valence-electron chi connectivity index (χ1n) is 12.9. The summed E-state index contributed by atoms with van der Waals surface area (Å²) in [5.41, 5.74) is 1.54. The fourth-order valence-electron chi connectivity index (χ4n) is 4.37. The SMILES string of the molecule is CN1CCN(CCCOc2cccc(N3C(=O)C(=Cc4ccc(Oc5ccc(F)cc5)cc4)SC3=S)c2)CC1. The number of halogens is 1. The number of piperazine rings is 1. The number of benzene rings is 3. The minimum atomic E-state index is -0.314. The minimum absolute atomic E-state index is 0.163. The molecule has 202 valence electrons. The molecule has 0 bridgehead atoms. The van der Waals surface area contributed by atoms with Crippen LogP contribution in [0.25, 0.3) is 6.08 Å². The van der Waals surface area contributed by atoms with Crippen LogP contribution in [0.3, 0.4) is 0 Å². The summed E-state index contributed by atoms with van der Waals surface area (Å²) in [6.07, 6.45) is 2.77. The molecule has 0 saturated carbocycles. The number of anilines is 1. The third-order valence-electron chi connectivity index (χ3n) is 6.58. The van der Waals surface area contributed by atoms with Gasteiger partial charge < -0.3 is 19.3 Å². The molecule has 1 amide bonds. The van der Waals surface area contributed by atoms with E-state index in [1.165, 1.54) is 23.9 Å². The highest BCUT2D eigenvalue weighted by molar-refractivity contribution is 8.27. The van der Waals surface area contributed by atoms with Gasteiger partial charge in [-0.05, 0) is 73.6 Å². The average Bonchev–Trinajstić information content (AvgIpc) is 3.22.